The van der Waals surface area contributed by atoms with E-state index in [0.717, 1.165) is 24.1 Å². The second kappa shape index (κ2) is 6.53. The van der Waals surface area contributed by atoms with Gasteiger partial charge < -0.3 is 5.11 Å². The molecule has 1 N–H and O–H groups in total. The third-order valence-corrected chi connectivity index (χ3v) is 7.84. The van der Waals surface area contributed by atoms with Gasteiger partial charge in [0.1, 0.15) is 17.9 Å². The predicted octanol–water partition coefficient (Wildman–Crippen LogP) is 3.74. The van der Waals surface area contributed by atoms with Crippen molar-refractivity contribution in [3.05, 3.63) is 47.2 Å². The van der Waals surface area contributed by atoms with Gasteiger partial charge in [0.15, 0.2) is 0 Å². The van der Waals surface area contributed by atoms with Gasteiger partial charge in [-0.3, -0.25) is 4.90 Å². The molecule has 7 heteroatoms. The Morgan fingerprint density at radius 2 is 1.97 bits per heavy atom. The normalized spacial score (nSPS) is 28.1. The quantitative estimate of drug-likeness (QED) is 0.831. The first kappa shape index (κ1) is 19.5. The number of benzene rings is 1. The molecule has 0 spiro atoms. The number of hydrogen-bond donors (Lipinski definition) is 1. The van der Waals surface area contributed by atoms with Crippen LogP contribution in [0.1, 0.15) is 50.3 Å². The van der Waals surface area contributed by atoms with Gasteiger partial charge in [0.05, 0.1) is 28.4 Å². The van der Waals surface area contributed by atoms with Gasteiger partial charge >= 0.3 is 0 Å². The minimum absolute atomic E-state index is 0.141. The average Bonchev–Trinajstić information content (AvgIpc) is 3.05. The van der Waals surface area contributed by atoms with Gasteiger partial charge in [-0.1, -0.05) is 19.9 Å². The van der Waals surface area contributed by atoms with Gasteiger partial charge in [0, 0.05) is 19.5 Å². The Hall–Kier alpha value is -2.43. The fourth-order valence-corrected chi connectivity index (χ4v) is 6.18. The van der Waals surface area contributed by atoms with Gasteiger partial charge in [-0.05, 0) is 53.9 Å². The number of fused-ring (bicyclic) bond motifs is 5. The van der Waals surface area contributed by atoms with Crippen molar-refractivity contribution in [2.75, 3.05) is 13.1 Å². The van der Waals surface area contributed by atoms with Crippen LogP contribution in [-0.4, -0.2) is 39.5 Å². The summed E-state index contributed by atoms with van der Waals surface area (Å²) in [7, 11) is 0. The van der Waals surface area contributed by atoms with E-state index in [2.05, 4.69) is 30.1 Å². The number of aliphatic hydroxyl groups excluding tert-OH is 1. The Morgan fingerprint density at radius 1 is 1.27 bits per heavy atom. The second-order valence-corrected chi connectivity index (χ2v) is 9.47. The van der Waals surface area contributed by atoms with E-state index >= 15 is 0 Å². The standard InChI is InChI=1S/C23H24F2N4O/c1-22(2)15-6-8-23(22,21(30)29-11-13(12-29)7-9-26)20-14(15)10-18(27-28-20)19-16(24)4-3-5-17(19)25/h3-5,10,13,15,21,30H,6-8,11-12H2,1-2H3/t15-,21?,23+/m1/s1. The zero-order valence-corrected chi connectivity index (χ0v) is 17.1. The lowest BCUT2D eigenvalue weighted by Crippen LogP contribution is -2.61. The number of halogens is 2. The summed E-state index contributed by atoms with van der Waals surface area (Å²) in [6.45, 7) is 5.67. The maximum Gasteiger partial charge on any atom is 0.135 e. The molecule has 0 radical (unpaired) electrons. The highest BCUT2D eigenvalue weighted by Gasteiger charge is 2.67. The summed E-state index contributed by atoms with van der Waals surface area (Å²) in [5.74, 6) is -0.891. The zero-order chi connectivity index (χ0) is 21.3. The summed E-state index contributed by atoms with van der Waals surface area (Å²) >= 11 is 0. The van der Waals surface area contributed by atoms with Crippen LogP contribution in [0.15, 0.2) is 24.3 Å². The lowest BCUT2D eigenvalue weighted by molar-refractivity contribution is -0.130. The van der Waals surface area contributed by atoms with E-state index in [4.69, 9.17) is 5.26 Å². The molecule has 2 aliphatic carbocycles. The average molecular weight is 410 g/mol. The van der Waals surface area contributed by atoms with E-state index in [1.165, 1.54) is 18.2 Å². The van der Waals surface area contributed by atoms with Crippen LogP contribution >= 0.6 is 0 Å². The molecule has 30 heavy (non-hydrogen) atoms. The summed E-state index contributed by atoms with van der Waals surface area (Å²) in [4.78, 5) is 2.02. The van der Waals surface area contributed by atoms with Gasteiger partial charge in [-0.15, -0.1) is 5.10 Å². The Kier molecular flexibility index (Phi) is 4.25. The van der Waals surface area contributed by atoms with Crippen LogP contribution in [0.5, 0.6) is 0 Å². The van der Waals surface area contributed by atoms with Crippen LogP contribution in [0.4, 0.5) is 8.78 Å². The van der Waals surface area contributed by atoms with Gasteiger partial charge in [0.25, 0.3) is 0 Å². The highest BCUT2D eigenvalue weighted by molar-refractivity contribution is 5.63. The van der Waals surface area contributed by atoms with Crippen LogP contribution < -0.4 is 0 Å². The lowest BCUT2D eigenvalue weighted by Gasteiger charge is -2.51. The van der Waals surface area contributed by atoms with Crippen LogP contribution in [0, 0.1) is 34.3 Å². The number of rotatable bonds is 4. The Balaban J connectivity index is 1.56. The van der Waals surface area contributed by atoms with Crippen LogP contribution in [0.25, 0.3) is 11.3 Å². The molecule has 1 saturated carbocycles. The van der Waals surface area contributed by atoms with Crippen LogP contribution in [0.3, 0.4) is 0 Å². The van der Waals surface area contributed by atoms with Gasteiger partial charge in [-0.2, -0.15) is 10.4 Å². The van der Waals surface area contributed by atoms with Crippen molar-refractivity contribution in [1.29, 1.82) is 5.26 Å². The lowest BCUT2D eigenvalue weighted by atomic mass is 9.66. The molecule has 0 amide bonds. The molecule has 2 fully saturated rings. The molecular weight excluding hydrogens is 386 g/mol. The van der Waals surface area contributed by atoms with E-state index in [9.17, 15) is 13.9 Å². The summed E-state index contributed by atoms with van der Waals surface area (Å²) in [5, 5.41) is 29.0. The largest absolute Gasteiger partial charge is 0.377 e. The number of aromatic nitrogens is 2. The molecule has 156 valence electrons. The first-order valence-electron chi connectivity index (χ1n) is 10.4. The van der Waals surface area contributed by atoms with E-state index in [1.54, 1.807) is 6.07 Å². The molecule has 1 saturated heterocycles. The third-order valence-electron chi connectivity index (χ3n) is 7.84. The third kappa shape index (κ3) is 2.38. The fraction of sp³-hybridized carbons (Fsp3) is 0.522. The molecule has 3 atom stereocenters. The van der Waals surface area contributed by atoms with Crippen molar-refractivity contribution >= 4 is 0 Å². The van der Waals surface area contributed by atoms with Crippen molar-refractivity contribution in [3.63, 3.8) is 0 Å². The predicted molar refractivity (Wildman–Crippen MR) is 106 cm³/mol. The van der Waals surface area contributed by atoms with Crippen LogP contribution in [-0.2, 0) is 5.41 Å². The molecule has 2 bridgehead atoms. The van der Waals surface area contributed by atoms with Gasteiger partial charge in [-0.25, -0.2) is 8.78 Å². The molecule has 3 aliphatic rings. The summed E-state index contributed by atoms with van der Waals surface area (Å²) in [5.41, 5.74) is 0.869. The smallest absolute Gasteiger partial charge is 0.135 e. The molecule has 1 aromatic carbocycles. The maximum atomic E-state index is 14.3. The number of likely N-dealkylation sites (tertiary alicyclic amines) is 1. The van der Waals surface area contributed by atoms with E-state index in [1.807, 2.05) is 4.90 Å². The molecule has 2 aromatic rings. The molecular formula is C23H24F2N4O. The minimum atomic E-state index is -0.723. The maximum absolute atomic E-state index is 14.3. The van der Waals surface area contributed by atoms with E-state index < -0.39 is 23.3 Å². The zero-order valence-electron chi connectivity index (χ0n) is 17.1. The fourth-order valence-electron chi connectivity index (χ4n) is 6.18. The number of aliphatic hydroxyl groups is 1. The summed E-state index contributed by atoms with van der Waals surface area (Å²) in [6.07, 6.45) is 1.45. The van der Waals surface area contributed by atoms with E-state index in [0.29, 0.717) is 25.4 Å². The number of hydrogen-bond acceptors (Lipinski definition) is 5. The monoisotopic (exact) mass is 410 g/mol. The molecule has 2 heterocycles. The van der Waals surface area contributed by atoms with Crippen molar-refractivity contribution in [1.82, 2.24) is 15.1 Å². The van der Waals surface area contributed by atoms with Crippen molar-refractivity contribution in [2.45, 2.75) is 50.7 Å². The highest BCUT2D eigenvalue weighted by atomic mass is 19.1. The van der Waals surface area contributed by atoms with Crippen molar-refractivity contribution in [2.24, 2.45) is 11.3 Å². The first-order valence-corrected chi connectivity index (χ1v) is 10.4. The molecule has 1 aliphatic heterocycles. The Labute approximate surface area is 174 Å². The summed E-state index contributed by atoms with van der Waals surface area (Å²) < 4.78 is 28.6. The van der Waals surface area contributed by atoms with Crippen LogP contribution in [0.2, 0.25) is 0 Å². The highest BCUT2D eigenvalue weighted by Crippen LogP contribution is 2.69. The number of nitriles is 1. The molecule has 1 aromatic heterocycles. The molecule has 5 nitrogen and oxygen atoms in total. The Bertz CT molecular complexity index is 1040. The molecule has 1 unspecified atom stereocenters. The van der Waals surface area contributed by atoms with Crippen molar-refractivity contribution < 1.29 is 13.9 Å². The Morgan fingerprint density at radius 3 is 2.63 bits per heavy atom. The topological polar surface area (TPSA) is 73.0 Å². The summed E-state index contributed by atoms with van der Waals surface area (Å²) in [6, 6.07) is 7.73. The first-order chi connectivity index (χ1) is 14.3. The minimum Gasteiger partial charge on any atom is -0.377 e. The molecule has 5 rings (SSSR count). The SMILES string of the molecule is CC1(C)[C@@H]2CC[C@@]1(C(O)N1CC(CC#N)C1)c1nnc(-c3c(F)cccc3F)cc12. The number of nitrogens with zero attached hydrogens (tertiary/aromatic N) is 4. The van der Waals surface area contributed by atoms with Crippen molar-refractivity contribution in [3.8, 4) is 17.3 Å². The van der Waals surface area contributed by atoms with Gasteiger partial charge in [0.2, 0.25) is 0 Å². The van der Waals surface area contributed by atoms with E-state index in [-0.39, 0.29) is 22.6 Å². The second-order valence-electron chi connectivity index (χ2n) is 9.47.